The lowest BCUT2D eigenvalue weighted by Gasteiger charge is -1.90. The first-order chi connectivity index (χ1) is 8.20. The third-order valence-electron chi connectivity index (χ3n) is 2.48. The molecule has 0 aliphatic heterocycles. The van der Waals surface area contributed by atoms with Crippen LogP contribution < -0.4 is 5.56 Å². The van der Waals surface area contributed by atoms with E-state index in [9.17, 15) is 9.59 Å². The molecule has 0 aromatic carbocycles. The van der Waals surface area contributed by atoms with Crippen LogP contribution in [0.4, 0.5) is 0 Å². The highest BCUT2D eigenvalue weighted by atomic mass is 32.1. The van der Waals surface area contributed by atoms with Crippen LogP contribution in [0, 0.1) is 0 Å². The standard InChI is InChI=1S/C11H7NO4S/c1-15-11(14)7-4-6-9(17-7)8-5(2-3-16-8)10(13)12-6/h2-4H,1H3,(H,12,13). The van der Waals surface area contributed by atoms with Gasteiger partial charge in [0.25, 0.3) is 5.56 Å². The van der Waals surface area contributed by atoms with E-state index in [1.165, 1.54) is 24.7 Å². The van der Waals surface area contributed by atoms with Crippen LogP contribution >= 0.6 is 11.3 Å². The second-order valence-electron chi connectivity index (χ2n) is 3.46. The lowest BCUT2D eigenvalue weighted by Crippen LogP contribution is -2.03. The summed E-state index contributed by atoms with van der Waals surface area (Å²) in [5, 5.41) is 0.482. The highest BCUT2D eigenvalue weighted by Crippen LogP contribution is 2.30. The van der Waals surface area contributed by atoms with Crippen molar-refractivity contribution in [3.8, 4) is 0 Å². The summed E-state index contributed by atoms with van der Waals surface area (Å²) in [7, 11) is 1.32. The van der Waals surface area contributed by atoms with Crippen molar-refractivity contribution in [2.24, 2.45) is 0 Å². The van der Waals surface area contributed by atoms with E-state index in [1.807, 2.05) is 0 Å². The molecule has 0 unspecified atom stereocenters. The molecule has 3 heterocycles. The zero-order valence-electron chi connectivity index (χ0n) is 8.77. The number of aromatic nitrogens is 1. The number of hydrogen-bond donors (Lipinski definition) is 1. The Morgan fingerprint density at radius 2 is 2.35 bits per heavy atom. The van der Waals surface area contributed by atoms with Gasteiger partial charge in [-0.1, -0.05) is 0 Å². The molecule has 0 aliphatic rings. The van der Waals surface area contributed by atoms with Crippen molar-refractivity contribution in [2.45, 2.75) is 0 Å². The van der Waals surface area contributed by atoms with E-state index in [2.05, 4.69) is 9.72 Å². The number of methoxy groups -OCH3 is 1. The molecule has 0 saturated carbocycles. The fourth-order valence-corrected chi connectivity index (χ4v) is 2.74. The van der Waals surface area contributed by atoms with Gasteiger partial charge in [0.1, 0.15) is 4.88 Å². The number of rotatable bonds is 1. The SMILES string of the molecule is COC(=O)c1cc2[nH]c(=O)c3ccoc3c2s1. The van der Waals surface area contributed by atoms with Crippen LogP contribution in [-0.4, -0.2) is 18.1 Å². The molecule has 0 spiro atoms. The highest BCUT2D eigenvalue weighted by Gasteiger charge is 2.15. The molecule has 0 amide bonds. The van der Waals surface area contributed by atoms with E-state index >= 15 is 0 Å². The largest absolute Gasteiger partial charge is 0.465 e. The van der Waals surface area contributed by atoms with E-state index < -0.39 is 5.97 Å². The van der Waals surface area contributed by atoms with Crippen LogP contribution in [-0.2, 0) is 4.74 Å². The number of nitrogens with one attached hydrogen (secondary N) is 1. The monoisotopic (exact) mass is 249 g/mol. The van der Waals surface area contributed by atoms with E-state index in [0.717, 1.165) is 4.70 Å². The molecule has 3 aromatic rings. The highest BCUT2D eigenvalue weighted by molar-refractivity contribution is 7.21. The number of furan rings is 1. The molecule has 3 aromatic heterocycles. The summed E-state index contributed by atoms with van der Waals surface area (Å²) in [6, 6.07) is 3.19. The van der Waals surface area contributed by atoms with Crippen LogP contribution in [0.3, 0.4) is 0 Å². The minimum atomic E-state index is -0.424. The number of carbonyl (C=O) groups excluding carboxylic acids is 1. The molecular weight excluding hydrogens is 242 g/mol. The zero-order chi connectivity index (χ0) is 12.0. The van der Waals surface area contributed by atoms with Crippen LogP contribution in [0.25, 0.3) is 21.2 Å². The van der Waals surface area contributed by atoms with Gasteiger partial charge in [-0.25, -0.2) is 4.79 Å². The van der Waals surface area contributed by atoms with Crippen molar-refractivity contribution < 1.29 is 13.9 Å². The number of aromatic amines is 1. The van der Waals surface area contributed by atoms with Crippen LogP contribution in [0.2, 0.25) is 0 Å². The number of H-pyrrole nitrogens is 1. The Bertz CT molecular complexity index is 780. The van der Waals surface area contributed by atoms with Gasteiger partial charge in [-0.3, -0.25) is 4.79 Å². The fraction of sp³-hybridized carbons (Fsp3) is 0.0909. The van der Waals surface area contributed by atoms with Gasteiger partial charge in [-0.15, -0.1) is 11.3 Å². The van der Waals surface area contributed by atoms with E-state index in [0.29, 0.717) is 21.4 Å². The second-order valence-corrected chi connectivity index (χ2v) is 4.51. The quantitative estimate of drug-likeness (QED) is 0.670. The normalized spacial score (nSPS) is 11.1. The Hall–Kier alpha value is -2.08. The maximum atomic E-state index is 11.7. The molecule has 0 radical (unpaired) electrons. The van der Waals surface area contributed by atoms with Gasteiger partial charge in [-0.2, -0.15) is 0 Å². The number of hydrogen-bond acceptors (Lipinski definition) is 5. The van der Waals surface area contributed by atoms with Gasteiger partial charge >= 0.3 is 5.97 Å². The average Bonchev–Trinajstić information content (AvgIpc) is 2.92. The third-order valence-corrected chi connectivity index (χ3v) is 3.60. The van der Waals surface area contributed by atoms with Crippen molar-refractivity contribution >= 4 is 38.5 Å². The molecular formula is C11H7NO4S. The van der Waals surface area contributed by atoms with E-state index in [-0.39, 0.29) is 5.56 Å². The Kier molecular flexibility index (Phi) is 2.05. The fourth-order valence-electron chi connectivity index (χ4n) is 1.71. The summed E-state index contributed by atoms with van der Waals surface area (Å²) in [4.78, 5) is 26.2. The zero-order valence-corrected chi connectivity index (χ0v) is 9.59. The summed E-state index contributed by atoms with van der Waals surface area (Å²) in [5.41, 5.74) is 0.863. The summed E-state index contributed by atoms with van der Waals surface area (Å²) in [5.74, 6) is -0.424. The maximum Gasteiger partial charge on any atom is 0.348 e. The van der Waals surface area contributed by atoms with Gasteiger partial charge in [-0.05, 0) is 12.1 Å². The maximum absolute atomic E-state index is 11.7. The molecule has 5 nitrogen and oxygen atoms in total. The van der Waals surface area contributed by atoms with Crippen LogP contribution in [0.1, 0.15) is 9.67 Å². The molecule has 0 fully saturated rings. The van der Waals surface area contributed by atoms with Crippen LogP contribution in [0.15, 0.2) is 27.6 Å². The molecule has 0 atom stereocenters. The first kappa shape index (κ1) is 10.1. The smallest absolute Gasteiger partial charge is 0.348 e. The third kappa shape index (κ3) is 1.38. The molecule has 6 heteroatoms. The number of ether oxygens (including phenoxy) is 1. The van der Waals surface area contributed by atoms with Crippen molar-refractivity contribution in [3.05, 3.63) is 33.6 Å². The minimum absolute atomic E-state index is 0.226. The lowest BCUT2D eigenvalue weighted by atomic mass is 10.3. The molecule has 17 heavy (non-hydrogen) atoms. The summed E-state index contributed by atoms with van der Waals surface area (Å²) in [6.45, 7) is 0. The van der Waals surface area contributed by atoms with Crippen molar-refractivity contribution in [2.75, 3.05) is 7.11 Å². The predicted octanol–water partition coefficient (Wildman–Crippen LogP) is 2.12. The van der Waals surface area contributed by atoms with Crippen molar-refractivity contribution in [1.29, 1.82) is 0 Å². The van der Waals surface area contributed by atoms with Gasteiger partial charge in [0.2, 0.25) is 0 Å². The number of pyridine rings is 1. The molecule has 0 aliphatic carbocycles. The van der Waals surface area contributed by atoms with Crippen molar-refractivity contribution in [3.63, 3.8) is 0 Å². The van der Waals surface area contributed by atoms with E-state index in [4.69, 9.17) is 4.42 Å². The molecule has 0 saturated heterocycles. The Morgan fingerprint density at radius 3 is 3.12 bits per heavy atom. The average molecular weight is 249 g/mol. The van der Waals surface area contributed by atoms with Crippen molar-refractivity contribution in [1.82, 2.24) is 4.98 Å². The van der Waals surface area contributed by atoms with Gasteiger partial charge in [0.05, 0.1) is 29.0 Å². The molecule has 3 rings (SSSR count). The predicted molar refractivity (Wildman–Crippen MR) is 63.6 cm³/mol. The minimum Gasteiger partial charge on any atom is -0.465 e. The number of thiophene rings is 1. The Morgan fingerprint density at radius 1 is 1.53 bits per heavy atom. The number of fused-ring (bicyclic) bond motifs is 3. The summed E-state index contributed by atoms with van der Waals surface area (Å²) in [6.07, 6.45) is 1.46. The first-order valence-electron chi connectivity index (χ1n) is 4.82. The molecule has 1 N–H and O–H groups in total. The lowest BCUT2D eigenvalue weighted by molar-refractivity contribution is 0.0606. The number of esters is 1. The van der Waals surface area contributed by atoms with Gasteiger partial charge in [0.15, 0.2) is 5.58 Å². The van der Waals surface area contributed by atoms with Gasteiger partial charge in [0, 0.05) is 0 Å². The topological polar surface area (TPSA) is 72.3 Å². The first-order valence-corrected chi connectivity index (χ1v) is 5.63. The summed E-state index contributed by atoms with van der Waals surface area (Å²) >= 11 is 1.23. The van der Waals surface area contributed by atoms with E-state index in [1.54, 1.807) is 12.1 Å². The van der Waals surface area contributed by atoms with Gasteiger partial charge < -0.3 is 14.1 Å². The Balaban J connectivity index is 2.42. The summed E-state index contributed by atoms with van der Waals surface area (Å²) < 4.78 is 10.7. The molecule has 86 valence electrons. The second kappa shape index (κ2) is 3.46. The number of carbonyl (C=O) groups is 1. The Labute approximate surface area is 98.6 Å². The van der Waals surface area contributed by atoms with Crippen LogP contribution in [0.5, 0.6) is 0 Å². The molecule has 0 bridgehead atoms.